The molecule has 0 heterocycles. The van der Waals surface area contributed by atoms with Gasteiger partial charge < -0.3 is 29.2 Å². The molecular formula is C17H32O6. The Labute approximate surface area is 139 Å². The van der Waals surface area contributed by atoms with E-state index < -0.39 is 6.10 Å². The van der Waals surface area contributed by atoms with Gasteiger partial charge in [-0.1, -0.05) is 6.42 Å². The van der Waals surface area contributed by atoms with E-state index in [9.17, 15) is 10.2 Å². The fourth-order valence-electron chi connectivity index (χ4n) is 4.18. The molecule has 2 aliphatic rings. The number of ether oxygens (including phenoxy) is 4. The van der Waals surface area contributed by atoms with Gasteiger partial charge in [-0.2, -0.15) is 0 Å². The molecule has 2 aliphatic carbocycles. The normalized spacial score (nSPS) is 32.3. The van der Waals surface area contributed by atoms with Crippen molar-refractivity contribution >= 4 is 0 Å². The topological polar surface area (TPSA) is 77.4 Å². The minimum Gasteiger partial charge on any atom is -0.394 e. The van der Waals surface area contributed by atoms with Crippen LogP contribution >= 0.6 is 0 Å². The molecule has 5 atom stereocenters. The summed E-state index contributed by atoms with van der Waals surface area (Å²) >= 11 is 0. The van der Waals surface area contributed by atoms with Gasteiger partial charge in [0.1, 0.15) is 12.2 Å². The third-order valence-corrected chi connectivity index (χ3v) is 5.39. The molecule has 6 heteroatoms. The van der Waals surface area contributed by atoms with Gasteiger partial charge in [0.15, 0.2) is 0 Å². The molecular weight excluding hydrogens is 300 g/mol. The first-order chi connectivity index (χ1) is 11.1. The molecule has 0 saturated heterocycles. The maximum Gasteiger partial charge on any atom is 0.103 e. The molecule has 0 radical (unpaired) electrons. The predicted molar refractivity (Wildman–Crippen MR) is 85.3 cm³/mol. The highest BCUT2D eigenvalue weighted by molar-refractivity contribution is 5.00. The van der Waals surface area contributed by atoms with Crippen LogP contribution in [0.1, 0.15) is 25.7 Å². The summed E-state index contributed by atoms with van der Waals surface area (Å²) in [5.41, 5.74) is 0.0451. The zero-order valence-electron chi connectivity index (χ0n) is 14.4. The van der Waals surface area contributed by atoms with Gasteiger partial charge in [0.2, 0.25) is 0 Å². The third kappa shape index (κ3) is 5.11. The Kier molecular flexibility index (Phi) is 7.72. The van der Waals surface area contributed by atoms with Crippen molar-refractivity contribution in [2.75, 3.05) is 53.9 Å². The van der Waals surface area contributed by atoms with Gasteiger partial charge in [0.05, 0.1) is 39.6 Å². The summed E-state index contributed by atoms with van der Waals surface area (Å²) in [5, 5.41) is 18.9. The molecule has 2 saturated carbocycles. The number of hydrogen-bond donors (Lipinski definition) is 2. The van der Waals surface area contributed by atoms with E-state index in [4.69, 9.17) is 18.9 Å². The van der Waals surface area contributed by atoms with Gasteiger partial charge in [-0.15, -0.1) is 0 Å². The number of rotatable bonds is 12. The van der Waals surface area contributed by atoms with Crippen LogP contribution in [-0.4, -0.2) is 76.3 Å². The number of fused-ring (bicyclic) bond motifs is 2. The van der Waals surface area contributed by atoms with Crippen LogP contribution in [0, 0.1) is 17.3 Å². The molecule has 2 N–H and O–H groups in total. The van der Waals surface area contributed by atoms with E-state index in [2.05, 4.69) is 0 Å². The molecule has 0 amide bonds. The van der Waals surface area contributed by atoms with Crippen molar-refractivity contribution in [2.24, 2.45) is 17.3 Å². The summed E-state index contributed by atoms with van der Waals surface area (Å²) in [6.07, 6.45) is 4.11. The molecule has 5 unspecified atom stereocenters. The van der Waals surface area contributed by atoms with Crippen LogP contribution in [0.5, 0.6) is 0 Å². The summed E-state index contributed by atoms with van der Waals surface area (Å²) in [5.74, 6) is 1.43. The average molecular weight is 332 g/mol. The lowest BCUT2D eigenvalue weighted by Crippen LogP contribution is -2.40. The maximum atomic E-state index is 9.73. The van der Waals surface area contributed by atoms with E-state index in [1.807, 2.05) is 0 Å². The Morgan fingerprint density at radius 1 is 1.09 bits per heavy atom. The van der Waals surface area contributed by atoms with Crippen LogP contribution in [0.2, 0.25) is 0 Å². The fourth-order valence-corrected chi connectivity index (χ4v) is 4.18. The molecule has 0 spiro atoms. The smallest absolute Gasteiger partial charge is 0.103 e. The second kappa shape index (κ2) is 9.30. The Hall–Kier alpha value is -0.240. The van der Waals surface area contributed by atoms with Gasteiger partial charge in [0.25, 0.3) is 0 Å². The van der Waals surface area contributed by atoms with E-state index >= 15 is 0 Å². The maximum absolute atomic E-state index is 9.73. The average Bonchev–Trinajstić information content (AvgIpc) is 3.13. The largest absolute Gasteiger partial charge is 0.394 e. The summed E-state index contributed by atoms with van der Waals surface area (Å²) < 4.78 is 21.7. The first kappa shape index (κ1) is 19.1. The van der Waals surface area contributed by atoms with E-state index in [1.165, 1.54) is 19.3 Å². The number of aliphatic hydroxyl groups is 2. The zero-order chi connectivity index (χ0) is 16.7. The molecule has 2 rings (SSSR count). The van der Waals surface area contributed by atoms with Crippen LogP contribution in [0.3, 0.4) is 0 Å². The molecule has 2 bridgehead atoms. The second-order valence-corrected chi connectivity index (χ2v) is 7.12. The van der Waals surface area contributed by atoms with Crippen molar-refractivity contribution in [3.05, 3.63) is 0 Å². The van der Waals surface area contributed by atoms with E-state index in [1.54, 1.807) is 14.2 Å². The Bertz CT molecular complexity index is 335. The van der Waals surface area contributed by atoms with E-state index in [0.29, 0.717) is 39.0 Å². The third-order valence-electron chi connectivity index (χ3n) is 5.39. The predicted octanol–water partition coefficient (Wildman–Crippen LogP) is 0.841. The molecule has 6 nitrogen and oxygen atoms in total. The van der Waals surface area contributed by atoms with Crippen molar-refractivity contribution in [1.82, 2.24) is 0 Å². The van der Waals surface area contributed by atoms with Gasteiger partial charge in [-0.05, 0) is 31.1 Å². The number of hydrogen-bond acceptors (Lipinski definition) is 6. The molecule has 0 aliphatic heterocycles. The van der Waals surface area contributed by atoms with Crippen LogP contribution in [0.15, 0.2) is 0 Å². The van der Waals surface area contributed by atoms with Crippen LogP contribution in [0.25, 0.3) is 0 Å². The Morgan fingerprint density at radius 2 is 1.83 bits per heavy atom. The van der Waals surface area contributed by atoms with E-state index in [0.717, 1.165) is 12.3 Å². The van der Waals surface area contributed by atoms with Gasteiger partial charge in [-0.25, -0.2) is 0 Å². The molecule has 23 heavy (non-hydrogen) atoms. The highest BCUT2D eigenvalue weighted by Gasteiger charge is 2.51. The highest BCUT2D eigenvalue weighted by Crippen LogP contribution is 2.56. The lowest BCUT2D eigenvalue weighted by Gasteiger charge is -2.37. The summed E-state index contributed by atoms with van der Waals surface area (Å²) in [7, 11) is 3.15. The quantitative estimate of drug-likeness (QED) is 0.551. The Balaban J connectivity index is 1.82. The van der Waals surface area contributed by atoms with Crippen molar-refractivity contribution in [2.45, 2.75) is 37.9 Å². The minimum absolute atomic E-state index is 0.0325. The van der Waals surface area contributed by atoms with Crippen molar-refractivity contribution in [1.29, 1.82) is 0 Å². The monoisotopic (exact) mass is 332 g/mol. The Morgan fingerprint density at radius 3 is 2.35 bits per heavy atom. The van der Waals surface area contributed by atoms with E-state index in [-0.39, 0.29) is 18.1 Å². The van der Waals surface area contributed by atoms with Crippen molar-refractivity contribution < 1.29 is 29.2 Å². The fraction of sp³-hybridized carbons (Fsp3) is 1.00. The lowest BCUT2D eigenvalue weighted by molar-refractivity contribution is -0.0938. The summed E-state index contributed by atoms with van der Waals surface area (Å²) in [4.78, 5) is 0. The van der Waals surface area contributed by atoms with Gasteiger partial charge in [0, 0.05) is 19.6 Å². The first-order valence-electron chi connectivity index (χ1n) is 8.59. The van der Waals surface area contributed by atoms with Crippen LogP contribution in [0.4, 0.5) is 0 Å². The summed E-state index contributed by atoms with van der Waals surface area (Å²) in [6.45, 7) is 2.21. The van der Waals surface area contributed by atoms with Crippen LogP contribution in [-0.2, 0) is 18.9 Å². The molecule has 0 aromatic rings. The van der Waals surface area contributed by atoms with Crippen molar-refractivity contribution in [3.8, 4) is 0 Å². The van der Waals surface area contributed by atoms with Gasteiger partial charge in [-0.3, -0.25) is 0 Å². The second-order valence-electron chi connectivity index (χ2n) is 7.12. The first-order valence-corrected chi connectivity index (χ1v) is 8.59. The number of methoxy groups -OCH3 is 2. The molecule has 2 fully saturated rings. The van der Waals surface area contributed by atoms with Gasteiger partial charge >= 0.3 is 0 Å². The molecule has 0 aromatic heterocycles. The highest BCUT2D eigenvalue weighted by atomic mass is 16.5. The lowest BCUT2D eigenvalue weighted by atomic mass is 9.74. The zero-order valence-corrected chi connectivity index (χ0v) is 14.4. The standard InChI is InChI=1S/C17H32O6/c1-20-8-15(19)9-22-11-17(6-13-3-4-14(17)5-13)12-23-10-16(7-18)21-2/h13-16,18-19H,3-12H2,1-2H3. The SMILES string of the molecule is COCC(O)COCC1(COCC(CO)OC)CC2CCC1C2. The number of aliphatic hydroxyl groups excluding tert-OH is 2. The summed E-state index contributed by atoms with van der Waals surface area (Å²) in [6, 6.07) is 0. The van der Waals surface area contributed by atoms with Crippen molar-refractivity contribution in [3.63, 3.8) is 0 Å². The van der Waals surface area contributed by atoms with Crippen LogP contribution < -0.4 is 0 Å². The minimum atomic E-state index is -0.580. The molecule has 0 aromatic carbocycles. The molecule has 136 valence electrons.